The fourth-order valence-electron chi connectivity index (χ4n) is 2.18. The maximum Gasteiger partial charge on any atom is 0.265 e. The third kappa shape index (κ3) is 3.23. The molecule has 1 aromatic heterocycles. The van der Waals surface area contributed by atoms with Gasteiger partial charge in [0.05, 0.1) is 10.7 Å². The van der Waals surface area contributed by atoms with E-state index in [9.17, 15) is 8.42 Å². The van der Waals surface area contributed by atoms with Crippen molar-refractivity contribution in [3.05, 3.63) is 46.4 Å². The van der Waals surface area contributed by atoms with E-state index in [1.54, 1.807) is 45.2 Å². The summed E-state index contributed by atoms with van der Waals surface area (Å²) in [6.07, 6.45) is 0. The van der Waals surface area contributed by atoms with Crippen LogP contribution in [0.15, 0.2) is 33.6 Å². The highest BCUT2D eigenvalue weighted by molar-refractivity contribution is 7.92. The number of nitrogens with one attached hydrogen (secondary N) is 2. The summed E-state index contributed by atoms with van der Waals surface area (Å²) in [7, 11) is -2.02. The lowest BCUT2D eigenvalue weighted by atomic mass is 10.2. The predicted molar refractivity (Wildman–Crippen MR) is 83.2 cm³/mol. The molecular formula is C14H17ClN2O3S. The Morgan fingerprint density at radius 1 is 1.19 bits per heavy atom. The number of benzene rings is 1. The minimum atomic E-state index is -3.77. The van der Waals surface area contributed by atoms with E-state index >= 15 is 0 Å². The van der Waals surface area contributed by atoms with E-state index in [4.69, 9.17) is 16.0 Å². The van der Waals surface area contributed by atoms with Gasteiger partial charge in [0.25, 0.3) is 10.0 Å². The highest BCUT2D eigenvalue weighted by Gasteiger charge is 2.27. The summed E-state index contributed by atoms with van der Waals surface area (Å²) in [5.41, 5.74) is 0.961. The Morgan fingerprint density at radius 3 is 2.48 bits per heavy atom. The van der Waals surface area contributed by atoms with Crippen molar-refractivity contribution in [3.8, 4) is 0 Å². The van der Waals surface area contributed by atoms with E-state index in [0.717, 1.165) is 0 Å². The third-order valence-electron chi connectivity index (χ3n) is 3.07. The Hall–Kier alpha value is -1.50. The average Bonchev–Trinajstić information content (AvgIpc) is 2.68. The first-order chi connectivity index (χ1) is 9.86. The molecule has 0 aliphatic rings. The van der Waals surface area contributed by atoms with Gasteiger partial charge in [-0.25, -0.2) is 8.42 Å². The first-order valence-corrected chi connectivity index (χ1v) is 8.23. The van der Waals surface area contributed by atoms with Crippen molar-refractivity contribution in [3.63, 3.8) is 0 Å². The second kappa shape index (κ2) is 6.09. The van der Waals surface area contributed by atoms with Crippen LogP contribution >= 0.6 is 11.6 Å². The second-order valence-corrected chi connectivity index (χ2v) is 6.66. The minimum Gasteiger partial charge on any atom is -0.465 e. The molecule has 21 heavy (non-hydrogen) atoms. The fourth-order valence-corrected chi connectivity index (χ4v) is 3.95. The maximum absolute atomic E-state index is 12.6. The van der Waals surface area contributed by atoms with Gasteiger partial charge in [0, 0.05) is 12.1 Å². The molecule has 1 heterocycles. The molecule has 0 unspecified atom stereocenters. The van der Waals surface area contributed by atoms with Crippen LogP contribution in [-0.2, 0) is 16.6 Å². The van der Waals surface area contributed by atoms with Crippen LogP contribution < -0.4 is 10.0 Å². The highest BCUT2D eigenvalue weighted by Crippen LogP contribution is 2.30. The molecule has 0 bridgehead atoms. The lowest BCUT2D eigenvalue weighted by Crippen LogP contribution is -2.17. The SMILES string of the molecule is CNCc1c(C)oc(C)c1S(=O)(=O)Nc1ccccc1Cl. The monoisotopic (exact) mass is 328 g/mol. The first-order valence-electron chi connectivity index (χ1n) is 6.37. The molecule has 2 aromatic rings. The van der Waals surface area contributed by atoms with Gasteiger partial charge < -0.3 is 9.73 Å². The molecule has 0 saturated heterocycles. The van der Waals surface area contributed by atoms with Crippen molar-refractivity contribution in [2.24, 2.45) is 0 Å². The fraction of sp³-hybridized carbons (Fsp3) is 0.286. The van der Waals surface area contributed by atoms with Gasteiger partial charge in [0.2, 0.25) is 0 Å². The summed E-state index contributed by atoms with van der Waals surface area (Å²) in [6.45, 7) is 3.78. The lowest BCUT2D eigenvalue weighted by molar-refractivity contribution is 0.494. The van der Waals surface area contributed by atoms with Crippen LogP contribution in [0.4, 0.5) is 5.69 Å². The molecule has 114 valence electrons. The van der Waals surface area contributed by atoms with Crippen molar-refractivity contribution < 1.29 is 12.8 Å². The number of anilines is 1. The van der Waals surface area contributed by atoms with Crippen LogP contribution in [0.2, 0.25) is 5.02 Å². The van der Waals surface area contributed by atoms with Crippen LogP contribution in [-0.4, -0.2) is 15.5 Å². The molecule has 7 heteroatoms. The Labute approximate surface area is 129 Å². The highest BCUT2D eigenvalue weighted by atomic mass is 35.5. The number of hydrogen-bond donors (Lipinski definition) is 2. The number of rotatable bonds is 5. The Kier molecular flexibility index (Phi) is 4.61. The number of hydrogen-bond acceptors (Lipinski definition) is 4. The van der Waals surface area contributed by atoms with Crippen LogP contribution in [0.3, 0.4) is 0 Å². The number of furan rings is 1. The molecule has 0 aliphatic carbocycles. The summed E-state index contributed by atoms with van der Waals surface area (Å²) >= 11 is 6.00. The van der Waals surface area contributed by atoms with E-state index in [2.05, 4.69) is 10.0 Å². The molecule has 5 nitrogen and oxygen atoms in total. The van der Waals surface area contributed by atoms with Gasteiger partial charge in [-0.15, -0.1) is 0 Å². The third-order valence-corrected chi connectivity index (χ3v) is 4.96. The smallest absolute Gasteiger partial charge is 0.265 e. The van der Waals surface area contributed by atoms with Crippen molar-refractivity contribution in [1.29, 1.82) is 0 Å². The Bertz CT molecular complexity index is 754. The van der Waals surface area contributed by atoms with Gasteiger partial charge in [0.15, 0.2) is 0 Å². The van der Waals surface area contributed by atoms with Crippen molar-refractivity contribution in [2.75, 3.05) is 11.8 Å². The molecule has 0 spiro atoms. The summed E-state index contributed by atoms with van der Waals surface area (Å²) < 4.78 is 33.2. The van der Waals surface area contributed by atoms with E-state index in [0.29, 0.717) is 34.3 Å². The van der Waals surface area contributed by atoms with Gasteiger partial charge in [0.1, 0.15) is 16.4 Å². The molecule has 2 N–H and O–H groups in total. The molecule has 0 atom stereocenters. The number of sulfonamides is 1. The molecule has 0 amide bonds. The Morgan fingerprint density at radius 2 is 1.86 bits per heavy atom. The molecular weight excluding hydrogens is 312 g/mol. The van der Waals surface area contributed by atoms with Crippen LogP contribution in [0, 0.1) is 13.8 Å². The molecule has 0 saturated carbocycles. The quantitative estimate of drug-likeness (QED) is 0.884. The molecule has 1 aromatic carbocycles. The summed E-state index contributed by atoms with van der Waals surface area (Å²) in [5.74, 6) is 0.943. The van der Waals surface area contributed by atoms with Gasteiger partial charge in [-0.3, -0.25) is 4.72 Å². The Balaban J connectivity index is 2.48. The van der Waals surface area contributed by atoms with Crippen LogP contribution in [0.1, 0.15) is 17.1 Å². The minimum absolute atomic E-state index is 0.161. The maximum atomic E-state index is 12.6. The van der Waals surface area contributed by atoms with Gasteiger partial charge >= 0.3 is 0 Å². The summed E-state index contributed by atoms with van der Waals surface area (Å²) in [6, 6.07) is 6.69. The molecule has 0 aliphatic heterocycles. The predicted octanol–water partition coefficient (Wildman–Crippen LogP) is 3.07. The lowest BCUT2D eigenvalue weighted by Gasteiger charge is -2.10. The van der Waals surface area contributed by atoms with Gasteiger partial charge in [-0.05, 0) is 33.0 Å². The van der Waals surface area contributed by atoms with Gasteiger partial charge in [-0.2, -0.15) is 0 Å². The standard InChI is InChI=1S/C14H17ClN2O3S/c1-9-11(8-16-3)14(10(2)20-9)21(18,19)17-13-7-5-4-6-12(13)15/h4-7,16-17H,8H2,1-3H3. The van der Waals surface area contributed by atoms with Crippen LogP contribution in [0.5, 0.6) is 0 Å². The zero-order valence-electron chi connectivity index (χ0n) is 12.0. The van der Waals surface area contributed by atoms with Crippen LogP contribution in [0.25, 0.3) is 0 Å². The normalized spacial score (nSPS) is 11.6. The number of aryl methyl sites for hydroxylation is 2. The first kappa shape index (κ1) is 15.9. The molecule has 0 radical (unpaired) electrons. The van der Waals surface area contributed by atoms with Gasteiger partial charge in [-0.1, -0.05) is 23.7 Å². The number of para-hydroxylation sites is 1. The zero-order chi connectivity index (χ0) is 15.6. The molecule has 0 fully saturated rings. The van der Waals surface area contributed by atoms with Crippen molar-refractivity contribution in [2.45, 2.75) is 25.3 Å². The van der Waals surface area contributed by atoms with Crippen molar-refractivity contribution >= 4 is 27.3 Å². The summed E-state index contributed by atoms with van der Waals surface area (Å²) in [5, 5.41) is 3.29. The van der Waals surface area contributed by atoms with Crippen molar-refractivity contribution in [1.82, 2.24) is 5.32 Å². The van der Waals surface area contributed by atoms with E-state index in [-0.39, 0.29) is 4.90 Å². The molecule has 2 rings (SSSR count). The summed E-state index contributed by atoms with van der Waals surface area (Å²) in [4.78, 5) is 0.161. The largest absolute Gasteiger partial charge is 0.465 e. The van der Waals surface area contributed by atoms with E-state index in [1.807, 2.05) is 0 Å². The van der Waals surface area contributed by atoms with E-state index < -0.39 is 10.0 Å². The zero-order valence-corrected chi connectivity index (χ0v) is 13.6. The topological polar surface area (TPSA) is 71.3 Å². The average molecular weight is 329 g/mol. The number of halogens is 1. The second-order valence-electron chi connectivity index (χ2n) is 4.64. The van der Waals surface area contributed by atoms with E-state index in [1.165, 1.54) is 0 Å².